The van der Waals surface area contributed by atoms with E-state index in [2.05, 4.69) is 5.32 Å². The SMILES string of the molecule is O=C(Nc1ccc(C(=O)O)c(Cl)c1)c1ccc(F)cc1F. The van der Waals surface area contributed by atoms with Crippen LogP contribution in [0.3, 0.4) is 0 Å². The van der Waals surface area contributed by atoms with Crippen molar-refractivity contribution >= 4 is 29.2 Å². The molecule has 0 bridgehead atoms. The monoisotopic (exact) mass is 311 g/mol. The van der Waals surface area contributed by atoms with Gasteiger partial charge in [0.15, 0.2) is 0 Å². The van der Waals surface area contributed by atoms with Gasteiger partial charge in [0.2, 0.25) is 0 Å². The Morgan fingerprint density at radius 1 is 1.05 bits per heavy atom. The summed E-state index contributed by atoms with van der Waals surface area (Å²) in [5.74, 6) is -3.80. The van der Waals surface area contributed by atoms with E-state index in [1.807, 2.05) is 0 Å². The normalized spacial score (nSPS) is 10.2. The molecule has 0 spiro atoms. The number of hydrogen-bond acceptors (Lipinski definition) is 2. The Hall–Kier alpha value is -2.47. The van der Waals surface area contributed by atoms with Gasteiger partial charge in [-0.15, -0.1) is 0 Å². The molecule has 21 heavy (non-hydrogen) atoms. The average molecular weight is 312 g/mol. The van der Waals surface area contributed by atoms with Crippen LogP contribution < -0.4 is 5.32 Å². The number of halogens is 3. The molecule has 0 radical (unpaired) electrons. The largest absolute Gasteiger partial charge is 0.478 e. The van der Waals surface area contributed by atoms with Gasteiger partial charge in [-0.1, -0.05) is 11.6 Å². The van der Waals surface area contributed by atoms with Crippen LogP contribution in [0.25, 0.3) is 0 Å². The zero-order valence-electron chi connectivity index (χ0n) is 10.4. The summed E-state index contributed by atoms with van der Waals surface area (Å²) in [5.41, 5.74) is -0.267. The van der Waals surface area contributed by atoms with Crippen molar-refractivity contribution in [1.29, 1.82) is 0 Å². The van der Waals surface area contributed by atoms with Crippen LogP contribution in [-0.4, -0.2) is 17.0 Å². The van der Waals surface area contributed by atoms with E-state index in [0.717, 1.165) is 12.1 Å². The summed E-state index contributed by atoms with van der Waals surface area (Å²) >= 11 is 5.75. The van der Waals surface area contributed by atoms with Gasteiger partial charge in [-0.25, -0.2) is 13.6 Å². The number of carbonyl (C=O) groups excluding carboxylic acids is 1. The number of carboxylic acids is 1. The summed E-state index contributed by atoms with van der Waals surface area (Å²) in [6.07, 6.45) is 0. The fraction of sp³-hybridized carbons (Fsp3) is 0. The zero-order valence-corrected chi connectivity index (χ0v) is 11.1. The second kappa shape index (κ2) is 5.88. The number of anilines is 1. The quantitative estimate of drug-likeness (QED) is 0.910. The first-order valence-corrected chi connectivity index (χ1v) is 6.05. The minimum atomic E-state index is -1.21. The highest BCUT2D eigenvalue weighted by Crippen LogP contribution is 2.22. The molecule has 0 unspecified atom stereocenters. The third-order valence-electron chi connectivity index (χ3n) is 2.63. The molecule has 0 aliphatic carbocycles. The molecule has 0 aromatic heterocycles. The van der Waals surface area contributed by atoms with Crippen LogP contribution >= 0.6 is 11.6 Å². The molecule has 2 aromatic carbocycles. The van der Waals surface area contributed by atoms with E-state index in [-0.39, 0.29) is 21.8 Å². The van der Waals surface area contributed by atoms with Crippen molar-refractivity contribution in [2.75, 3.05) is 5.32 Å². The third-order valence-corrected chi connectivity index (χ3v) is 2.95. The second-order valence-corrected chi connectivity index (χ2v) is 4.49. The highest BCUT2D eigenvalue weighted by molar-refractivity contribution is 6.33. The van der Waals surface area contributed by atoms with Crippen molar-refractivity contribution in [3.05, 3.63) is 64.2 Å². The van der Waals surface area contributed by atoms with E-state index >= 15 is 0 Å². The average Bonchev–Trinajstić information content (AvgIpc) is 2.37. The van der Waals surface area contributed by atoms with E-state index < -0.39 is 23.5 Å². The van der Waals surface area contributed by atoms with Crippen molar-refractivity contribution in [2.24, 2.45) is 0 Å². The summed E-state index contributed by atoms with van der Waals surface area (Å²) in [6, 6.07) is 6.31. The second-order valence-electron chi connectivity index (χ2n) is 4.08. The number of benzene rings is 2. The van der Waals surface area contributed by atoms with Crippen LogP contribution in [0.2, 0.25) is 5.02 Å². The standard InChI is InChI=1S/C14H8ClF2NO3/c15-11-6-8(2-4-9(11)14(20)21)18-13(19)10-3-1-7(16)5-12(10)17/h1-6H,(H,18,19)(H,20,21). The van der Waals surface area contributed by atoms with Crippen LogP contribution in [0.4, 0.5) is 14.5 Å². The van der Waals surface area contributed by atoms with E-state index in [1.165, 1.54) is 18.2 Å². The van der Waals surface area contributed by atoms with Gasteiger partial charge in [0.1, 0.15) is 11.6 Å². The fourth-order valence-electron chi connectivity index (χ4n) is 1.64. The summed E-state index contributed by atoms with van der Waals surface area (Å²) in [4.78, 5) is 22.6. The summed E-state index contributed by atoms with van der Waals surface area (Å²) in [6.45, 7) is 0. The number of amides is 1. The molecule has 108 valence electrons. The van der Waals surface area contributed by atoms with Crippen molar-refractivity contribution in [2.45, 2.75) is 0 Å². The molecule has 2 rings (SSSR count). The molecule has 7 heteroatoms. The lowest BCUT2D eigenvalue weighted by molar-refractivity contribution is 0.0697. The molecule has 1 amide bonds. The lowest BCUT2D eigenvalue weighted by atomic mass is 10.1. The first kappa shape index (κ1) is 14.9. The van der Waals surface area contributed by atoms with Gasteiger partial charge in [0, 0.05) is 11.8 Å². The Morgan fingerprint density at radius 3 is 2.29 bits per heavy atom. The zero-order chi connectivity index (χ0) is 15.6. The van der Waals surface area contributed by atoms with Gasteiger partial charge in [0.05, 0.1) is 16.1 Å². The third kappa shape index (κ3) is 3.35. The number of carboxylic acid groups (broad SMARTS) is 1. The van der Waals surface area contributed by atoms with Gasteiger partial charge in [-0.05, 0) is 30.3 Å². The Kier molecular flexibility index (Phi) is 4.18. The van der Waals surface area contributed by atoms with Crippen LogP contribution in [0.5, 0.6) is 0 Å². The molecule has 0 aliphatic heterocycles. The Bertz CT molecular complexity index is 734. The van der Waals surface area contributed by atoms with Gasteiger partial charge in [-0.3, -0.25) is 4.79 Å². The molecular formula is C14H8ClF2NO3. The molecule has 4 nitrogen and oxygen atoms in total. The van der Waals surface area contributed by atoms with Gasteiger partial charge >= 0.3 is 5.97 Å². The topological polar surface area (TPSA) is 66.4 Å². The van der Waals surface area contributed by atoms with Gasteiger partial charge in [0.25, 0.3) is 5.91 Å². The predicted octanol–water partition coefficient (Wildman–Crippen LogP) is 3.57. The Balaban J connectivity index is 2.23. The summed E-state index contributed by atoms with van der Waals surface area (Å²) < 4.78 is 26.2. The Morgan fingerprint density at radius 2 is 1.71 bits per heavy atom. The Labute approximate surface area is 123 Å². The predicted molar refractivity (Wildman–Crippen MR) is 72.7 cm³/mol. The van der Waals surface area contributed by atoms with E-state index in [4.69, 9.17) is 16.7 Å². The van der Waals surface area contributed by atoms with Crippen molar-refractivity contribution in [1.82, 2.24) is 0 Å². The van der Waals surface area contributed by atoms with Gasteiger partial charge in [-0.2, -0.15) is 0 Å². The minimum absolute atomic E-state index is 0.0696. The van der Waals surface area contributed by atoms with Crippen molar-refractivity contribution in [3.8, 4) is 0 Å². The van der Waals surface area contributed by atoms with Crippen molar-refractivity contribution < 1.29 is 23.5 Å². The maximum atomic E-state index is 13.4. The van der Waals surface area contributed by atoms with Crippen LogP contribution in [0.1, 0.15) is 20.7 Å². The first-order chi connectivity index (χ1) is 9.88. The first-order valence-electron chi connectivity index (χ1n) is 5.67. The molecule has 0 fully saturated rings. The van der Waals surface area contributed by atoms with Gasteiger partial charge < -0.3 is 10.4 Å². The molecule has 0 heterocycles. The summed E-state index contributed by atoms with van der Waals surface area (Å²) in [5, 5.41) is 11.1. The molecule has 0 atom stereocenters. The molecule has 2 N–H and O–H groups in total. The van der Waals surface area contributed by atoms with Crippen molar-refractivity contribution in [3.63, 3.8) is 0 Å². The number of hydrogen-bond donors (Lipinski definition) is 2. The lowest BCUT2D eigenvalue weighted by Crippen LogP contribution is -2.14. The minimum Gasteiger partial charge on any atom is -0.478 e. The maximum absolute atomic E-state index is 13.4. The van der Waals surface area contributed by atoms with E-state index in [9.17, 15) is 18.4 Å². The molecule has 0 aliphatic rings. The number of nitrogens with one attached hydrogen (secondary N) is 1. The van der Waals surface area contributed by atoms with E-state index in [1.54, 1.807) is 0 Å². The number of carbonyl (C=O) groups is 2. The van der Waals surface area contributed by atoms with E-state index in [0.29, 0.717) is 6.07 Å². The maximum Gasteiger partial charge on any atom is 0.337 e. The van der Waals surface area contributed by atoms with Crippen LogP contribution in [-0.2, 0) is 0 Å². The lowest BCUT2D eigenvalue weighted by Gasteiger charge is -2.07. The molecule has 0 saturated heterocycles. The number of aromatic carboxylic acids is 1. The fourth-order valence-corrected chi connectivity index (χ4v) is 1.90. The van der Waals surface area contributed by atoms with Crippen LogP contribution in [0, 0.1) is 11.6 Å². The molecular weight excluding hydrogens is 304 g/mol. The van der Waals surface area contributed by atoms with Crippen LogP contribution in [0.15, 0.2) is 36.4 Å². The molecule has 0 saturated carbocycles. The molecule has 2 aromatic rings. The number of rotatable bonds is 3. The highest BCUT2D eigenvalue weighted by atomic mass is 35.5. The summed E-state index contributed by atoms with van der Waals surface area (Å²) in [7, 11) is 0. The smallest absolute Gasteiger partial charge is 0.337 e. The highest BCUT2D eigenvalue weighted by Gasteiger charge is 2.14.